The molecule has 22 heavy (non-hydrogen) atoms. The highest BCUT2D eigenvalue weighted by Crippen LogP contribution is 2.18. The van der Waals surface area contributed by atoms with Gasteiger partial charge in [0.05, 0.1) is 12.8 Å². The standard InChI is InChI=1S/C20H18NO/c1-22-19-11-9-16(10-12-19)7-8-17-13-14-21-20(15-17)18-5-3-2-4-6-18/h2-5,9-15H,7-8H2,1H3. The molecule has 0 aliphatic carbocycles. The van der Waals surface area contributed by atoms with Gasteiger partial charge in [-0.05, 0) is 54.3 Å². The molecule has 0 saturated carbocycles. The van der Waals surface area contributed by atoms with E-state index in [0.717, 1.165) is 29.8 Å². The zero-order valence-electron chi connectivity index (χ0n) is 12.6. The Bertz CT molecular complexity index is 720. The lowest BCUT2D eigenvalue weighted by Gasteiger charge is -2.06. The summed E-state index contributed by atoms with van der Waals surface area (Å²) in [6.45, 7) is 0. The molecule has 0 fully saturated rings. The number of methoxy groups -OCH3 is 1. The summed E-state index contributed by atoms with van der Waals surface area (Å²) < 4.78 is 5.18. The normalized spacial score (nSPS) is 10.4. The molecule has 2 nitrogen and oxygen atoms in total. The summed E-state index contributed by atoms with van der Waals surface area (Å²) in [5.41, 5.74) is 4.62. The fourth-order valence-electron chi connectivity index (χ4n) is 2.41. The maximum Gasteiger partial charge on any atom is 0.118 e. The summed E-state index contributed by atoms with van der Waals surface area (Å²) in [7, 11) is 1.69. The molecule has 1 heterocycles. The van der Waals surface area contributed by atoms with Crippen molar-refractivity contribution in [3.8, 4) is 17.0 Å². The van der Waals surface area contributed by atoms with Crippen LogP contribution in [0.3, 0.4) is 0 Å². The Morgan fingerprint density at radius 2 is 1.77 bits per heavy atom. The predicted octanol–water partition coefficient (Wildman–Crippen LogP) is 4.34. The first-order chi connectivity index (χ1) is 10.8. The van der Waals surface area contributed by atoms with Crippen LogP contribution in [0.15, 0.2) is 66.9 Å². The topological polar surface area (TPSA) is 22.1 Å². The molecule has 1 aromatic heterocycles. The molecule has 3 rings (SSSR count). The van der Waals surface area contributed by atoms with Crippen molar-refractivity contribution >= 4 is 0 Å². The van der Waals surface area contributed by atoms with Gasteiger partial charge in [0.2, 0.25) is 0 Å². The fraction of sp³-hybridized carbons (Fsp3) is 0.150. The second-order valence-electron chi connectivity index (χ2n) is 5.17. The first-order valence-electron chi connectivity index (χ1n) is 7.40. The van der Waals surface area contributed by atoms with E-state index in [1.807, 2.05) is 42.6 Å². The van der Waals surface area contributed by atoms with Gasteiger partial charge in [0.15, 0.2) is 0 Å². The van der Waals surface area contributed by atoms with E-state index in [1.165, 1.54) is 11.1 Å². The van der Waals surface area contributed by atoms with Crippen molar-refractivity contribution in [1.29, 1.82) is 0 Å². The monoisotopic (exact) mass is 288 g/mol. The van der Waals surface area contributed by atoms with Crippen molar-refractivity contribution in [3.05, 3.63) is 84.1 Å². The van der Waals surface area contributed by atoms with E-state index in [-0.39, 0.29) is 0 Å². The summed E-state index contributed by atoms with van der Waals surface area (Å²) in [4.78, 5) is 4.44. The maximum absolute atomic E-state index is 5.18. The fourth-order valence-corrected chi connectivity index (χ4v) is 2.41. The van der Waals surface area contributed by atoms with Gasteiger partial charge < -0.3 is 4.74 Å². The molecule has 0 aliphatic rings. The average molecular weight is 288 g/mol. The van der Waals surface area contributed by atoms with Crippen molar-refractivity contribution in [2.75, 3.05) is 7.11 Å². The maximum atomic E-state index is 5.18. The van der Waals surface area contributed by atoms with E-state index in [2.05, 4.69) is 35.3 Å². The van der Waals surface area contributed by atoms with Gasteiger partial charge in [0, 0.05) is 11.8 Å². The van der Waals surface area contributed by atoms with Crippen LogP contribution in [-0.2, 0) is 12.8 Å². The summed E-state index contributed by atoms with van der Waals surface area (Å²) in [5, 5.41) is 0. The molecule has 0 spiro atoms. The molecular weight excluding hydrogens is 270 g/mol. The van der Waals surface area contributed by atoms with Crippen LogP contribution in [-0.4, -0.2) is 12.1 Å². The van der Waals surface area contributed by atoms with Crippen LogP contribution in [0.4, 0.5) is 0 Å². The van der Waals surface area contributed by atoms with Crippen molar-refractivity contribution in [1.82, 2.24) is 4.98 Å². The van der Waals surface area contributed by atoms with Gasteiger partial charge in [0.25, 0.3) is 0 Å². The molecule has 2 heteroatoms. The molecule has 2 aromatic carbocycles. The van der Waals surface area contributed by atoms with Crippen molar-refractivity contribution < 1.29 is 4.74 Å². The van der Waals surface area contributed by atoms with Crippen LogP contribution in [0, 0.1) is 6.07 Å². The number of hydrogen-bond donors (Lipinski definition) is 0. The van der Waals surface area contributed by atoms with Crippen molar-refractivity contribution in [3.63, 3.8) is 0 Å². The Morgan fingerprint density at radius 1 is 0.955 bits per heavy atom. The third-order valence-electron chi connectivity index (χ3n) is 3.67. The van der Waals surface area contributed by atoms with Gasteiger partial charge >= 0.3 is 0 Å². The number of pyridine rings is 1. The van der Waals surface area contributed by atoms with Gasteiger partial charge in [-0.3, -0.25) is 4.98 Å². The van der Waals surface area contributed by atoms with Crippen molar-refractivity contribution in [2.45, 2.75) is 12.8 Å². The minimum Gasteiger partial charge on any atom is -0.497 e. The molecule has 1 radical (unpaired) electrons. The second kappa shape index (κ2) is 6.90. The number of rotatable bonds is 5. The Balaban J connectivity index is 1.70. The second-order valence-corrected chi connectivity index (χ2v) is 5.17. The molecule has 0 atom stereocenters. The van der Waals surface area contributed by atoms with Gasteiger partial charge in [0.1, 0.15) is 5.75 Å². The predicted molar refractivity (Wildman–Crippen MR) is 88.9 cm³/mol. The highest BCUT2D eigenvalue weighted by Gasteiger charge is 2.02. The van der Waals surface area contributed by atoms with Crippen LogP contribution in [0.1, 0.15) is 11.1 Å². The van der Waals surface area contributed by atoms with E-state index in [1.54, 1.807) is 7.11 Å². The van der Waals surface area contributed by atoms with Crippen LogP contribution in [0.2, 0.25) is 0 Å². The highest BCUT2D eigenvalue weighted by atomic mass is 16.5. The Hall–Kier alpha value is -2.61. The number of nitrogens with zero attached hydrogens (tertiary/aromatic N) is 1. The van der Waals surface area contributed by atoms with Crippen molar-refractivity contribution in [2.24, 2.45) is 0 Å². The number of ether oxygens (including phenoxy) is 1. The minimum absolute atomic E-state index is 0.898. The summed E-state index contributed by atoms with van der Waals surface area (Å²) >= 11 is 0. The smallest absolute Gasteiger partial charge is 0.118 e. The van der Waals surface area contributed by atoms with Crippen LogP contribution in [0.5, 0.6) is 5.75 Å². The van der Waals surface area contributed by atoms with E-state index < -0.39 is 0 Å². The van der Waals surface area contributed by atoms with E-state index in [0.29, 0.717) is 0 Å². The first kappa shape index (κ1) is 14.3. The van der Waals surface area contributed by atoms with Gasteiger partial charge in [-0.1, -0.05) is 36.4 Å². The first-order valence-corrected chi connectivity index (χ1v) is 7.40. The van der Waals surface area contributed by atoms with Gasteiger partial charge in [-0.25, -0.2) is 0 Å². The summed E-state index contributed by atoms with van der Waals surface area (Å²) in [6, 6.07) is 23.6. The lowest BCUT2D eigenvalue weighted by molar-refractivity contribution is 0.414. The van der Waals surface area contributed by atoms with E-state index in [4.69, 9.17) is 4.74 Å². The number of aryl methyl sites for hydroxylation is 2. The summed E-state index contributed by atoms with van der Waals surface area (Å²) in [5.74, 6) is 0.898. The lowest BCUT2D eigenvalue weighted by atomic mass is 10.0. The average Bonchev–Trinajstić information content (AvgIpc) is 2.61. The zero-order chi connectivity index (χ0) is 15.2. The third-order valence-corrected chi connectivity index (χ3v) is 3.67. The van der Waals surface area contributed by atoms with Crippen LogP contribution < -0.4 is 4.74 Å². The molecule has 0 saturated heterocycles. The van der Waals surface area contributed by atoms with Gasteiger partial charge in [-0.15, -0.1) is 0 Å². The Morgan fingerprint density at radius 3 is 2.50 bits per heavy atom. The SMILES string of the molecule is COc1ccc(CCc2ccnc(-c3[c]cccc3)c2)cc1. The summed E-state index contributed by atoms with van der Waals surface area (Å²) in [6.07, 6.45) is 3.88. The molecular formula is C20H18NO. The lowest BCUT2D eigenvalue weighted by Crippen LogP contribution is -1.93. The zero-order valence-corrected chi connectivity index (χ0v) is 12.6. The van der Waals surface area contributed by atoms with E-state index >= 15 is 0 Å². The molecule has 0 aliphatic heterocycles. The quantitative estimate of drug-likeness (QED) is 0.696. The number of benzene rings is 2. The van der Waals surface area contributed by atoms with Crippen LogP contribution in [0.25, 0.3) is 11.3 Å². The van der Waals surface area contributed by atoms with E-state index in [9.17, 15) is 0 Å². The highest BCUT2D eigenvalue weighted by molar-refractivity contribution is 5.58. The number of hydrogen-bond acceptors (Lipinski definition) is 2. The molecule has 0 unspecified atom stereocenters. The largest absolute Gasteiger partial charge is 0.497 e. The Labute approximate surface area is 131 Å². The molecule has 0 bridgehead atoms. The Kier molecular flexibility index (Phi) is 4.50. The van der Waals surface area contributed by atoms with Crippen LogP contribution >= 0.6 is 0 Å². The molecule has 0 amide bonds. The minimum atomic E-state index is 0.898. The third kappa shape index (κ3) is 3.53. The number of aromatic nitrogens is 1. The molecule has 0 N–H and O–H groups in total. The molecule has 3 aromatic rings. The van der Waals surface area contributed by atoms with Gasteiger partial charge in [-0.2, -0.15) is 0 Å². The molecule has 109 valence electrons.